The summed E-state index contributed by atoms with van der Waals surface area (Å²) in [6.45, 7) is 16.5. The number of piperidine rings is 2. The Morgan fingerprint density at radius 1 is 0.643 bits per heavy atom. The van der Waals surface area contributed by atoms with Crippen LogP contribution in [0.15, 0.2) is 36.4 Å². The van der Waals surface area contributed by atoms with Crippen LogP contribution in [-0.4, -0.2) is 130 Å². The normalized spacial score (nSPS) is 26.9. The van der Waals surface area contributed by atoms with Crippen LogP contribution in [0.1, 0.15) is 143 Å². The number of nitrogens with zero attached hydrogens (tertiary/aromatic N) is 8. The molecule has 4 aromatic heterocycles. The number of ketones is 2. The average Bonchev–Trinajstić information content (AvgIpc) is 4.25. The third-order valence-electron chi connectivity index (χ3n) is 17.2. The van der Waals surface area contributed by atoms with Gasteiger partial charge in [-0.2, -0.15) is 10.5 Å². The first-order chi connectivity index (χ1) is 33.9. The van der Waals surface area contributed by atoms with Crippen molar-refractivity contribution in [3.05, 3.63) is 91.2 Å². The maximum atomic E-state index is 13.8. The highest BCUT2D eigenvalue weighted by Gasteiger charge is 2.48. The zero-order chi connectivity index (χ0) is 47.8. The molecule has 0 amide bonds. The number of anilines is 2. The van der Waals surface area contributed by atoms with Gasteiger partial charge in [-0.15, -0.1) is 0 Å². The van der Waals surface area contributed by atoms with Crippen molar-refractivity contribution in [3.63, 3.8) is 0 Å². The molecule has 2 N–H and O–H groups in total. The molecule has 0 spiro atoms. The Morgan fingerprint density at radius 2 is 1.16 bits per heavy atom. The highest BCUT2D eigenvalue weighted by molar-refractivity contribution is 7.18. The smallest absolute Gasteiger partial charge is 0.207 e. The van der Waals surface area contributed by atoms with Crippen molar-refractivity contribution in [2.75, 3.05) is 62.3 Å². The van der Waals surface area contributed by atoms with Crippen LogP contribution in [0.25, 0.3) is 21.8 Å². The minimum atomic E-state index is -0.412. The van der Waals surface area contributed by atoms with E-state index in [-0.39, 0.29) is 11.6 Å². The number of morpholine rings is 2. The fourth-order valence-electron chi connectivity index (χ4n) is 13.5. The van der Waals surface area contributed by atoms with Gasteiger partial charge in [0.1, 0.15) is 9.75 Å². The molecule has 2 aliphatic carbocycles. The van der Waals surface area contributed by atoms with Crippen molar-refractivity contribution in [1.82, 2.24) is 29.7 Å². The molecule has 4 unspecified atom stereocenters. The minimum absolute atomic E-state index is 0.0488. The fraction of sp³-hybridized carbons (Fsp3) is 0.519. The monoisotopic (exact) mass is 974 g/mol. The third kappa shape index (κ3) is 6.95. The Morgan fingerprint density at radius 3 is 1.69 bits per heavy atom. The molecule has 10 heterocycles. The summed E-state index contributed by atoms with van der Waals surface area (Å²) < 4.78 is 11.6. The van der Waals surface area contributed by atoms with Crippen LogP contribution in [0.5, 0.6) is 0 Å². The van der Waals surface area contributed by atoms with E-state index in [0.717, 1.165) is 141 Å². The third-order valence-corrected chi connectivity index (χ3v) is 19.4. The van der Waals surface area contributed by atoms with Crippen LogP contribution in [0.2, 0.25) is 0 Å². The van der Waals surface area contributed by atoms with Gasteiger partial charge in [0, 0.05) is 107 Å². The first-order valence-corrected chi connectivity index (χ1v) is 27.0. The van der Waals surface area contributed by atoms with Crippen molar-refractivity contribution in [2.24, 2.45) is 0 Å². The van der Waals surface area contributed by atoms with Crippen LogP contribution in [0, 0.1) is 22.7 Å². The van der Waals surface area contributed by atoms with Gasteiger partial charge in [-0.1, -0.05) is 34.8 Å². The SMILES string of the molecule is CC1(C)c2nc(N3C4CCC3CC(N3CCOCC3)C4)sc2C(=O)c2c1[nH]c1cc(C#N)ccc21.CC1(C)c2nc(N3CCC(N4CC5CCC(C4)O5)CC3)sc2C(=O)c2c1[nH]c1cc(C#N)ccc21. The van der Waals surface area contributed by atoms with Crippen LogP contribution < -0.4 is 9.80 Å². The zero-order valence-electron chi connectivity index (χ0n) is 40.3. The molecule has 16 heteroatoms. The molecule has 0 radical (unpaired) electrons. The Hall–Kier alpha value is -5.46. The zero-order valence-corrected chi connectivity index (χ0v) is 41.9. The number of H-pyrrole nitrogens is 2. The van der Waals surface area contributed by atoms with Gasteiger partial charge in [-0.3, -0.25) is 19.4 Å². The predicted molar refractivity (Wildman–Crippen MR) is 271 cm³/mol. The lowest BCUT2D eigenvalue weighted by Crippen LogP contribution is -2.53. The summed E-state index contributed by atoms with van der Waals surface area (Å²) in [5.41, 5.74) is 7.07. The van der Waals surface area contributed by atoms with Gasteiger partial charge < -0.3 is 29.2 Å². The Kier molecular flexibility index (Phi) is 10.5. The van der Waals surface area contributed by atoms with E-state index in [9.17, 15) is 20.1 Å². The molecule has 4 bridgehead atoms. The van der Waals surface area contributed by atoms with Crippen molar-refractivity contribution >= 4 is 66.3 Å². The highest BCUT2D eigenvalue weighted by atomic mass is 32.1. The number of carbonyl (C=O) groups excluding carboxylic acids is 2. The number of carbonyl (C=O) groups is 2. The molecule has 6 fully saturated rings. The van der Waals surface area contributed by atoms with Gasteiger partial charge in [0.15, 0.2) is 10.3 Å². The number of hydrogen-bond acceptors (Lipinski definition) is 14. The van der Waals surface area contributed by atoms with Gasteiger partial charge in [0.05, 0.1) is 71.2 Å². The summed E-state index contributed by atoms with van der Waals surface area (Å²) >= 11 is 3.13. The lowest BCUT2D eigenvalue weighted by atomic mass is 9.77. The average molecular weight is 975 g/mol. The van der Waals surface area contributed by atoms with Gasteiger partial charge in [0.2, 0.25) is 11.6 Å². The summed E-state index contributed by atoms with van der Waals surface area (Å²) in [4.78, 5) is 56.4. The number of benzene rings is 2. The number of hydrogen-bond donors (Lipinski definition) is 2. The molecule has 6 aromatic rings. The number of aromatic amines is 2. The van der Waals surface area contributed by atoms with Gasteiger partial charge in [0.25, 0.3) is 0 Å². The molecule has 6 saturated heterocycles. The van der Waals surface area contributed by atoms with Gasteiger partial charge in [-0.25, -0.2) is 9.97 Å². The Balaban J connectivity index is 0.000000137. The second-order valence-corrected chi connectivity index (χ2v) is 23.9. The number of thiazole rings is 2. The summed E-state index contributed by atoms with van der Waals surface area (Å²) in [5, 5.41) is 22.4. The molecule has 2 aromatic carbocycles. The number of fused-ring (bicyclic) bond motifs is 12. The number of aromatic nitrogens is 4. The summed E-state index contributed by atoms with van der Waals surface area (Å²) in [5.74, 6) is 0.109. The maximum Gasteiger partial charge on any atom is 0.207 e. The molecule has 70 heavy (non-hydrogen) atoms. The number of ether oxygens (including phenoxy) is 2. The molecule has 14 rings (SSSR count). The van der Waals surface area contributed by atoms with Crippen molar-refractivity contribution in [1.29, 1.82) is 10.5 Å². The fourth-order valence-corrected chi connectivity index (χ4v) is 16.0. The molecule has 360 valence electrons. The van der Waals surface area contributed by atoms with Crippen molar-refractivity contribution in [2.45, 2.75) is 126 Å². The van der Waals surface area contributed by atoms with E-state index >= 15 is 0 Å². The number of likely N-dealkylation sites (tertiary alicyclic amines) is 1. The number of nitriles is 2. The van der Waals surface area contributed by atoms with Crippen LogP contribution in [0.3, 0.4) is 0 Å². The van der Waals surface area contributed by atoms with Crippen molar-refractivity contribution in [3.8, 4) is 12.1 Å². The second-order valence-electron chi connectivity index (χ2n) is 21.9. The van der Waals surface area contributed by atoms with Crippen LogP contribution in [0.4, 0.5) is 10.3 Å². The maximum absolute atomic E-state index is 13.8. The van der Waals surface area contributed by atoms with E-state index in [2.05, 4.69) is 69.4 Å². The lowest BCUT2D eigenvalue weighted by molar-refractivity contribution is -0.0556. The van der Waals surface area contributed by atoms with Crippen LogP contribution in [-0.2, 0) is 20.3 Å². The molecule has 6 aliphatic heterocycles. The summed E-state index contributed by atoms with van der Waals surface area (Å²) in [6.07, 6.45) is 10.3. The van der Waals surface area contributed by atoms with Crippen molar-refractivity contribution < 1.29 is 19.1 Å². The molecule has 4 atom stereocenters. The van der Waals surface area contributed by atoms with E-state index in [1.807, 2.05) is 24.3 Å². The van der Waals surface area contributed by atoms with Gasteiger partial charge in [-0.05, 0) is 103 Å². The second kappa shape index (κ2) is 16.6. The van der Waals surface area contributed by atoms with E-state index in [4.69, 9.17) is 19.4 Å². The van der Waals surface area contributed by atoms with Crippen LogP contribution >= 0.6 is 22.7 Å². The van der Waals surface area contributed by atoms with E-state index in [1.165, 1.54) is 38.5 Å². The largest absolute Gasteiger partial charge is 0.379 e. The Bertz CT molecular complexity index is 3180. The Labute approximate surface area is 415 Å². The summed E-state index contributed by atoms with van der Waals surface area (Å²) in [7, 11) is 0. The molecular weight excluding hydrogens is 917 g/mol. The molecule has 14 nitrogen and oxygen atoms in total. The quantitative estimate of drug-likeness (QED) is 0.173. The first-order valence-electron chi connectivity index (χ1n) is 25.4. The first kappa shape index (κ1) is 44.5. The standard InChI is InChI=1S/2C27H29N5O2S/c1-27(2)24-21(19-6-3-15(14-28)11-20(19)29-24)22(33)23-25(27)30-26(35-23)32-16-4-5-17(32)13-18(12-16)31-7-9-34-10-8-31;1-27(2)24-21(19-6-3-15(12-28)11-20(19)29-24)22(33)23-25(27)30-26(35-23)31-9-7-16(8-10-31)32-13-17-4-5-18(14-32)34-17/h3,6,11,16-18,29H,4-5,7-10,12-13H2,1-2H3;3,6,11,16-18,29H,4-5,7-10,13-14H2,1-2H3. The van der Waals surface area contributed by atoms with Gasteiger partial charge >= 0.3 is 0 Å². The molecule has 0 saturated carbocycles. The van der Waals surface area contributed by atoms with E-state index < -0.39 is 10.8 Å². The number of nitrogens with one attached hydrogen (secondary N) is 2. The van der Waals surface area contributed by atoms with E-state index in [1.54, 1.807) is 34.8 Å². The minimum Gasteiger partial charge on any atom is -0.379 e. The molecular formula is C54H58N10O4S2. The molecule has 8 aliphatic rings. The predicted octanol–water partition coefficient (Wildman–Crippen LogP) is 8.40. The highest BCUT2D eigenvalue weighted by Crippen LogP contribution is 2.51. The summed E-state index contributed by atoms with van der Waals surface area (Å²) in [6, 6.07) is 17.7. The topological polar surface area (TPSA) is 170 Å². The number of rotatable bonds is 4. The van der Waals surface area contributed by atoms with E-state index in [0.29, 0.717) is 47.5 Å². The lowest BCUT2D eigenvalue weighted by Gasteiger charge is -2.44.